The number of aliphatic hydroxyl groups excluding tert-OH is 2. The summed E-state index contributed by atoms with van der Waals surface area (Å²) in [6.45, 7) is 5.96. The summed E-state index contributed by atoms with van der Waals surface area (Å²) in [7, 11) is 1.68. The van der Waals surface area contributed by atoms with Crippen LogP contribution < -0.4 is 24.3 Å². The van der Waals surface area contributed by atoms with E-state index in [1.165, 1.54) is 13.1 Å². The monoisotopic (exact) mass is 905 g/mol. The number of pyridine rings is 2. The molecule has 332 valence electrons. The van der Waals surface area contributed by atoms with Gasteiger partial charge in [0.25, 0.3) is 0 Å². The Kier molecular flexibility index (Phi) is 16.4. The molecule has 0 saturated carbocycles. The van der Waals surface area contributed by atoms with Crippen LogP contribution in [0.3, 0.4) is 0 Å². The number of halogens is 2. The minimum Gasteiger partial charge on any atom is -0.488 e. The molecule has 0 unspecified atom stereocenters. The average Bonchev–Trinajstić information content (AvgIpc) is 3.28. The highest BCUT2D eigenvalue weighted by molar-refractivity contribution is 6.32. The highest BCUT2D eigenvalue weighted by Gasteiger charge is 2.24. The zero-order valence-electron chi connectivity index (χ0n) is 35.8. The van der Waals surface area contributed by atoms with Gasteiger partial charge in [0, 0.05) is 96.3 Å². The molecule has 4 aromatic carbocycles. The molecule has 2 aromatic heterocycles. The first kappa shape index (κ1) is 47.1. The minimum absolute atomic E-state index is 0.0437. The summed E-state index contributed by atoms with van der Waals surface area (Å²) in [6.07, 6.45) is 8.39. The second kappa shape index (κ2) is 22.3. The molecule has 5 N–H and O–H groups in total. The van der Waals surface area contributed by atoms with Gasteiger partial charge in [0.15, 0.2) is 0 Å². The van der Waals surface area contributed by atoms with Crippen LogP contribution >= 0.6 is 23.2 Å². The van der Waals surface area contributed by atoms with Crippen molar-refractivity contribution >= 4 is 41.6 Å². The lowest BCUT2D eigenvalue weighted by Crippen LogP contribution is -2.44. The predicted octanol–water partition coefficient (Wildman–Crippen LogP) is 8.85. The molecule has 2 atom stereocenters. The van der Waals surface area contributed by atoms with Crippen LogP contribution in [0.4, 0.5) is 0 Å². The van der Waals surface area contributed by atoms with Gasteiger partial charge in [0.05, 0.1) is 22.8 Å². The number of aromatic nitrogens is 2. The normalized spacial score (nSPS) is 12.2. The van der Waals surface area contributed by atoms with Crippen LogP contribution in [0.1, 0.15) is 62.6 Å². The third-order valence-electron chi connectivity index (χ3n) is 10.5. The van der Waals surface area contributed by atoms with Crippen LogP contribution in [0.25, 0.3) is 11.1 Å². The number of carbonyl (C=O) groups is 1. The molecule has 0 radical (unpaired) electrons. The van der Waals surface area contributed by atoms with Crippen molar-refractivity contribution in [2.24, 2.45) is 4.99 Å². The first-order valence-corrected chi connectivity index (χ1v) is 21.0. The Morgan fingerprint density at radius 1 is 0.734 bits per heavy atom. The van der Waals surface area contributed by atoms with E-state index in [1.807, 2.05) is 44.2 Å². The van der Waals surface area contributed by atoms with Crippen molar-refractivity contribution in [2.75, 3.05) is 7.05 Å². The molecule has 0 aliphatic heterocycles. The largest absolute Gasteiger partial charge is 0.488 e. The van der Waals surface area contributed by atoms with Gasteiger partial charge in [-0.2, -0.15) is 0 Å². The number of benzene rings is 4. The minimum atomic E-state index is -1.21. The van der Waals surface area contributed by atoms with E-state index < -0.39 is 18.1 Å². The Balaban J connectivity index is 1.19. The zero-order valence-corrected chi connectivity index (χ0v) is 37.3. The second-order valence-corrected chi connectivity index (χ2v) is 15.8. The lowest BCUT2D eigenvalue weighted by Gasteiger charge is -2.20. The molecule has 0 aliphatic carbocycles. The van der Waals surface area contributed by atoms with Gasteiger partial charge in [-0.15, -0.1) is 0 Å². The Bertz CT molecular complexity index is 2640. The molecule has 6 rings (SSSR count). The Labute approximate surface area is 381 Å². The van der Waals surface area contributed by atoms with Crippen molar-refractivity contribution in [2.45, 2.75) is 72.5 Å². The number of hydrogen-bond acceptors (Lipinski definition) is 12. The fourth-order valence-corrected chi connectivity index (χ4v) is 7.44. The van der Waals surface area contributed by atoms with Crippen molar-refractivity contribution in [3.8, 4) is 34.1 Å². The summed E-state index contributed by atoms with van der Waals surface area (Å²) in [6, 6.07) is 21.2. The van der Waals surface area contributed by atoms with Crippen LogP contribution in [0, 0.1) is 19.3 Å². The summed E-state index contributed by atoms with van der Waals surface area (Å²) in [5, 5.41) is 40.8. The lowest BCUT2D eigenvalue weighted by atomic mass is 9.92. The smallest absolute Gasteiger partial charge is 0.323 e. The van der Waals surface area contributed by atoms with E-state index in [9.17, 15) is 20.1 Å². The number of nitrogens with zero attached hydrogens (tertiary/aromatic N) is 3. The van der Waals surface area contributed by atoms with E-state index in [4.69, 9.17) is 47.6 Å². The van der Waals surface area contributed by atoms with Crippen molar-refractivity contribution in [1.29, 1.82) is 5.41 Å². The summed E-state index contributed by atoms with van der Waals surface area (Å²) in [5.41, 5.74) is 10.00. The van der Waals surface area contributed by atoms with Crippen LogP contribution in [-0.2, 0) is 44.4 Å². The van der Waals surface area contributed by atoms with Crippen molar-refractivity contribution in [3.63, 3.8) is 0 Å². The van der Waals surface area contributed by atoms with Gasteiger partial charge in [-0.05, 0) is 78.4 Å². The first-order chi connectivity index (χ1) is 30.9. The molecule has 0 aliphatic rings. The number of aliphatic imine (C=N–C) groups is 1. The van der Waals surface area contributed by atoms with Gasteiger partial charge >= 0.3 is 5.97 Å². The number of rotatable bonds is 21. The third-order valence-corrected chi connectivity index (χ3v) is 11.1. The molecule has 15 heteroatoms. The second-order valence-electron chi connectivity index (χ2n) is 15.0. The van der Waals surface area contributed by atoms with Gasteiger partial charge in [0.2, 0.25) is 0 Å². The van der Waals surface area contributed by atoms with Crippen LogP contribution in [0.2, 0.25) is 10.0 Å². The molecule has 13 nitrogen and oxygen atoms in total. The van der Waals surface area contributed by atoms with Crippen LogP contribution in [0.15, 0.2) is 103 Å². The fraction of sp³-hybridized carbons (Fsp3) is 0.245. The molecule has 0 amide bonds. The number of ether oxygens (including phenoxy) is 4. The third kappa shape index (κ3) is 12.0. The number of carboxylic acids is 1. The number of nitrogens with one attached hydrogen (secondary N) is 2. The molecule has 0 fully saturated rings. The maximum Gasteiger partial charge on any atom is 0.323 e. The molecule has 2 heterocycles. The molecule has 6 aromatic rings. The number of carboxylic acid groups (broad SMARTS) is 1. The fourth-order valence-electron chi connectivity index (χ4n) is 6.96. The van der Waals surface area contributed by atoms with Gasteiger partial charge in [-0.1, -0.05) is 59.6 Å². The summed E-state index contributed by atoms with van der Waals surface area (Å²) < 4.78 is 25.0. The van der Waals surface area contributed by atoms with E-state index >= 15 is 0 Å². The highest BCUT2D eigenvalue weighted by atomic mass is 35.5. The lowest BCUT2D eigenvalue weighted by molar-refractivity contribution is -0.142. The maximum atomic E-state index is 11.8. The zero-order chi connectivity index (χ0) is 45.8. The summed E-state index contributed by atoms with van der Waals surface area (Å²) >= 11 is 13.4. The highest BCUT2D eigenvalue weighted by Crippen LogP contribution is 2.37. The molecule has 0 saturated heterocycles. The maximum absolute atomic E-state index is 11.8. The van der Waals surface area contributed by atoms with Crippen molar-refractivity contribution in [3.05, 3.63) is 163 Å². The molecule has 0 bridgehead atoms. The summed E-state index contributed by atoms with van der Waals surface area (Å²) in [4.78, 5) is 24.3. The topological polar surface area (TPSA) is 189 Å². The van der Waals surface area contributed by atoms with Crippen molar-refractivity contribution < 1.29 is 39.1 Å². The Morgan fingerprint density at radius 2 is 1.23 bits per heavy atom. The van der Waals surface area contributed by atoms with E-state index in [2.05, 4.69) is 32.4 Å². The SMILES string of the molecule is C/N=C/c1cncc(COc2cc(OCc3cccc(-c4cccc(COc5cc(OCc6cncc(C=N)c6)c(CO)cc5Cl)c4C)c3C)c(Cl)cc2CN[C@@H](C(=O)O)[C@@H](C)O)c1. The Morgan fingerprint density at radius 3 is 1.73 bits per heavy atom. The molecular formula is C49H49Cl2N5O8. The predicted molar refractivity (Wildman–Crippen MR) is 247 cm³/mol. The van der Waals surface area contributed by atoms with Crippen molar-refractivity contribution in [1.82, 2.24) is 15.3 Å². The van der Waals surface area contributed by atoms with Gasteiger partial charge < -0.3 is 39.7 Å². The van der Waals surface area contributed by atoms with E-state index in [0.29, 0.717) is 49.7 Å². The van der Waals surface area contributed by atoms with Crippen LogP contribution in [-0.4, -0.2) is 62.9 Å². The number of aliphatic hydroxyl groups is 2. The summed E-state index contributed by atoms with van der Waals surface area (Å²) in [5.74, 6) is 0.403. The molecular weight excluding hydrogens is 857 g/mol. The van der Waals surface area contributed by atoms with E-state index in [0.717, 1.165) is 50.1 Å². The standard InChI is InChI=1S/C49H49Cl2N5O8/c1-29-36(27-63-46-15-44(61-26-35-12-33(18-53-4)20-55-22-35)38(13-42(46)50)23-56-48(31(3)58)49(59)60)7-5-9-40(29)41-10-6-8-37(30(41)2)28-64-47-16-45(39(24-57)14-43(47)51)62-25-34-11-32(17-52)19-54-21-34/h5-22,31,48,52,56-58H,23-28H2,1-4H3,(H,59,60)/b52-17?,53-18+/t31-,48-/m1/s1. The van der Waals surface area contributed by atoms with Gasteiger partial charge in [-0.25, -0.2) is 0 Å². The quantitative estimate of drug-likeness (QED) is 0.0434. The Hall–Kier alpha value is -6.35. The van der Waals surface area contributed by atoms with Gasteiger partial charge in [-0.3, -0.25) is 25.1 Å². The van der Waals surface area contributed by atoms with E-state index in [-0.39, 0.29) is 39.6 Å². The van der Waals surface area contributed by atoms with Gasteiger partial charge in [0.1, 0.15) is 55.5 Å². The molecule has 0 spiro atoms. The number of aliphatic carboxylic acids is 1. The molecule has 64 heavy (non-hydrogen) atoms. The average molecular weight is 907 g/mol. The number of hydrogen-bond donors (Lipinski definition) is 5. The van der Waals surface area contributed by atoms with E-state index in [1.54, 1.807) is 68.4 Å². The first-order valence-electron chi connectivity index (χ1n) is 20.3. The van der Waals surface area contributed by atoms with Crippen LogP contribution in [0.5, 0.6) is 23.0 Å².